The second-order valence-electron chi connectivity index (χ2n) is 24.6. The summed E-state index contributed by atoms with van der Waals surface area (Å²) < 4.78 is 11.3. The summed E-state index contributed by atoms with van der Waals surface area (Å²) in [6.45, 7) is 3.68. The molecule has 0 aromatic carbocycles. The minimum absolute atomic E-state index is 0.191. The second-order valence-corrected chi connectivity index (χ2v) is 24.6. The molecular formula is C76H135NO8. The minimum atomic E-state index is -1.58. The lowest BCUT2D eigenvalue weighted by Crippen LogP contribution is -2.60. The molecule has 1 heterocycles. The monoisotopic (exact) mass is 1190 g/mol. The summed E-state index contributed by atoms with van der Waals surface area (Å²) in [6, 6.07) is -0.835. The van der Waals surface area contributed by atoms with Gasteiger partial charge in [0.2, 0.25) is 5.91 Å². The number of carbonyl (C=O) groups is 1. The fourth-order valence-corrected chi connectivity index (χ4v) is 11.0. The van der Waals surface area contributed by atoms with Crippen LogP contribution in [0.5, 0.6) is 0 Å². The lowest BCUT2D eigenvalue weighted by Gasteiger charge is -2.40. The summed E-state index contributed by atoms with van der Waals surface area (Å²) >= 11 is 0. The zero-order valence-electron chi connectivity index (χ0n) is 55.1. The van der Waals surface area contributed by atoms with Crippen LogP contribution < -0.4 is 5.32 Å². The third-order valence-electron chi connectivity index (χ3n) is 16.6. The van der Waals surface area contributed by atoms with Crippen molar-refractivity contribution in [1.82, 2.24) is 5.32 Å². The molecule has 9 heteroatoms. The van der Waals surface area contributed by atoms with Crippen molar-refractivity contribution in [3.05, 3.63) is 97.2 Å². The van der Waals surface area contributed by atoms with Gasteiger partial charge in [0.1, 0.15) is 24.4 Å². The van der Waals surface area contributed by atoms with Gasteiger partial charge in [-0.2, -0.15) is 0 Å². The Kier molecular flexibility index (Phi) is 60.4. The predicted molar refractivity (Wildman–Crippen MR) is 364 cm³/mol. The predicted octanol–water partition coefficient (Wildman–Crippen LogP) is 19.9. The Bertz CT molecular complexity index is 1670. The summed E-state index contributed by atoms with van der Waals surface area (Å²) in [5.74, 6) is -0.191. The highest BCUT2D eigenvalue weighted by Crippen LogP contribution is 2.23. The molecule has 1 aliphatic rings. The third kappa shape index (κ3) is 52.7. The van der Waals surface area contributed by atoms with Crippen LogP contribution in [0.4, 0.5) is 0 Å². The molecule has 1 rings (SSSR count). The molecule has 7 atom stereocenters. The number of aliphatic hydroxyl groups is 5. The van der Waals surface area contributed by atoms with Gasteiger partial charge in [-0.1, -0.05) is 323 Å². The van der Waals surface area contributed by atoms with E-state index in [-0.39, 0.29) is 12.5 Å². The smallest absolute Gasteiger partial charge is 0.220 e. The van der Waals surface area contributed by atoms with Crippen LogP contribution in [0.25, 0.3) is 0 Å². The largest absolute Gasteiger partial charge is 0.394 e. The van der Waals surface area contributed by atoms with Gasteiger partial charge in [-0.3, -0.25) is 4.79 Å². The number of rotatable bonds is 62. The van der Waals surface area contributed by atoms with Crippen LogP contribution in [0.2, 0.25) is 0 Å². The Balaban J connectivity index is 2.16. The molecule has 0 bridgehead atoms. The molecule has 85 heavy (non-hydrogen) atoms. The van der Waals surface area contributed by atoms with Crippen LogP contribution >= 0.6 is 0 Å². The standard InChI is InChI=1S/C76H135NO8/c1-3-5-7-9-11-13-15-17-19-21-23-25-27-29-31-33-35-37-39-41-43-45-47-49-51-53-55-57-59-61-63-65-70(79)69(68-84-76-75(83)74(82)73(81)71(67-78)85-76)77-72(80)66-64-62-60-58-56-54-52-50-48-46-44-42-40-38-36-34-32-30-28-26-24-22-20-18-16-14-12-10-8-6-4-2/h6,8,12,14,18,20,24,26,30,32,47,49,55,57,63,65,69-71,73-76,78-79,81-83H,3-5,7,9-11,13,15-17,19,21-23,25,27-29,31,33-46,48,50-54,56,58-62,64,66-68H2,1-2H3,(H,77,80)/b8-6-,14-12-,20-18-,26-24-,32-30-,49-47+,57-55+,65-63+. The summed E-state index contributed by atoms with van der Waals surface area (Å²) in [5, 5.41) is 54.8. The van der Waals surface area contributed by atoms with Gasteiger partial charge in [-0.05, 0) is 89.9 Å². The molecule has 6 N–H and O–H groups in total. The molecular weight excluding hydrogens is 1050 g/mol. The molecule has 1 fully saturated rings. The van der Waals surface area contributed by atoms with Gasteiger partial charge < -0.3 is 40.3 Å². The molecule has 0 aliphatic carbocycles. The van der Waals surface area contributed by atoms with Gasteiger partial charge in [0.15, 0.2) is 6.29 Å². The minimum Gasteiger partial charge on any atom is -0.394 e. The number of ether oxygens (including phenoxy) is 2. The highest BCUT2D eigenvalue weighted by atomic mass is 16.7. The molecule has 7 unspecified atom stereocenters. The van der Waals surface area contributed by atoms with Crippen molar-refractivity contribution in [2.45, 2.75) is 365 Å². The normalized spacial score (nSPS) is 18.7. The maximum Gasteiger partial charge on any atom is 0.220 e. The van der Waals surface area contributed by atoms with E-state index in [1.54, 1.807) is 6.08 Å². The number of nitrogens with one attached hydrogen (secondary N) is 1. The Hall–Kier alpha value is -2.89. The van der Waals surface area contributed by atoms with E-state index in [4.69, 9.17) is 9.47 Å². The number of aliphatic hydroxyl groups excluding tert-OH is 5. The van der Waals surface area contributed by atoms with Crippen molar-refractivity contribution in [3.63, 3.8) is 0 Å². The summed E-state index contributed by atoms with van der Waals surface area (Å²) in [5.41, 5.74) is 0. The average molecular weight is 1190 g/mol. The molecule has 0 saturated carbocycles. The zero-order chi connectivity index (χ0) is 61.4. The van der Waals surface area contributed by atoms with E-state index in [2.05, 4.69) is 104 Å². The maximum atomic E-state index is 13.1. The third-order valence-corrected chi connectivity index (χ3v) is 16.6. The highest BCUT2D eigenvalue weighted by molar-refractivity contribution is 5.76. The Morgan fingerprint density at radius 1 is 0.412 bits per heavy atom. The number of amides is 1. The molecule has 492 valence electrons. The number of carbonyl (C=O) groups excluding carboxylic acids is 1. The van der Waals surface area contributed by atoms with Gasteiger partial charge in [-0.25, -0.2) is 0 Å². The van der Waals surface area contributed by atoms with Crippen molar-refractivity contribution < 1.29 is 39.8 Å². The zero-order valence-corrected chi connectivity index (χ0v) is 55.1. The van der Waals surface area contributed by atoms with E-state index >= 15 is 0 Å². The van der Waals surface area contributed by atoms with Gasteiger partial charge >= 0.3 is 0 Å². The number of hydrogen-bond donors (Lipinski definition) is 6. The van der Waals surface area contributed by atoms with Gasteiger partial charge in [0.05, 0.1) is 25.4 Å². The first kappa shape index (κ1) is 80.1. The molecule has 0 aromatic rings. The van der Waals surface area contributed by atoms with Crippen LogP contribution in [0.1, 0.15) is 322 Å². The lowest BCUT2D eigenvalue weighted by molar-refractivity contribution is -0.302. The van der Waals surface area contributed by atoms with E-state index in [1.165, 1.54) is 225 Å². The molecule has 0 aromatic heterocycles. The molecule has 1 saturated heterocycles. The van der Waals surface area contributed by atoms with Crippen molar-refractivity contribution in [3.8, 4) is 0 Å². The maximum absolute atomic E-state index is 13.1. The molecule has 1 aliphatic heterocycles. The first-order valence-electron chi connectivity index (χ1n) is 36.0. The molecule has 9 nitrogen and oxygen atoms in total. The van der Waals surface area contributed by atoms with Crippen molar-refractivity contribution >= 4 is 5.91 Å². The fourth-order valence-electron chi connectivity index (χ4n) is 11.0. The van der Waals surface area contributed by atoms with Crippen LogP contribution in [-0.2, 0) is 14.3 Å². The average Bonchev–Trinajstić information content (AvgIpc) is 3.54. The van der Waals surface area contributed by atoms with Gasteiger partial charge in [0, 0.05) is 6.42 Å². The topological polar surface area (TPSA) is 149 Å². The Morgan fingerprint density at radius 3 is 1.13 bits per heavy atom. The van der Waals surface area contributed by atoms with E-state index in [9.17, 15) is 30.3 Å². The van der Waals surface area contributed by atoms with Crippen molar-refractivity contribution in [1.29, 1.82) is 0 Å². The van der Waals surface area contributed by atoms with E-state index in [1.807, 2.05) is 6.08 Å². The summed E-state index contributed by atoms with van der Waals surface area (Å²) in [7, 11) is 0. The number of allylic oxidation sites excluding steroid dienone is 15. The number of unbranched alkanes of at least 4 members (excludes halogenated alkanes) is 38. The quantitative estimate of drug-likeness (QED) is 0.0261. The SMILES string of the molecule is CC/C=C\C/C=C\C/C=C\C/C=C\C/C=C\CCCCCCCCCCCCCCCCCC(=O)NC(COC1OC(CO)C(O)C(O)C1O)C(O)/C=C/CC/C=C/CC/C=C/CCCCCCCCCCCCCCCCCCCCCCC. The van der Waals surface area contributed by atoms with Crippen molar-refractivity contribution in [2.75, 3.05) is 13.2 Å². The Morgan fingerprint density at radius 2 is 0.741 bits per heavy atom. The number of hydrogen-bond acceptors (Lipinski definition) is 8. The Labute approximate surface area is 523 Å². The lowest BCUT2D eigenvalue weighted by atomic mass is 9.99. The van der Waals surface area contributed by atoms with Crippen LogP contribution in [0.3, 0.4) is 0 Å². The summed E-state index contributed by atoms with van der Waals surface area (Å²) in [6.07, 6.45) is 86.6. The van der Waals surface area contributed by atoms with E-state index in [0.717, 1.165) is 77.0 Å². The van der Waals surface area contributed by atoms with Gasteiger partial charge in [-0.15, -0.1) is 0 Å². The van der Waals surface area contributed by atoms with Crippen LogP contribution in [0.15, 0.2) is 97.2 Å². The van der Waals surface area contributed by atoms with E-state index < -0.39 is 49.5 Å². The van der Waals surface area contributed by atoms with Crippen molar-refractivity contribution in [2.24, 2.45) is 0 Å². The second kappa shape index (κ2) is 64.1. The van der Waals surface area contributed by atoms with E-state index in [0.29, 0.717) is 6.42 Å². The molecule has 1 amide bonds. The molecule has 0 spiro atoms. The first-order chi connectivity index (χ1) is 41.8. The highest BCUT2D eigenvalue weighted by Gasteiger charge is 2.44. The first-order valence-corrected chi connectivity index (χ1v) is 36.0. The fraction of sp³-hybridized carbons (Fsp3) is 0.776. The summed E-state index contributed by atoms with van der Waals surface area (Å²) in [4.78, 5) is 13.1. The van der Waals surface area contributed by atoms with Crippen LogP contribution in [-0.4, -0.2) is 87.5 Å². The van der Waals surface area contributed by atoms with Gasteiger partial charge in [0.25, 0.3) is 0 Å². The van der Waals surface area contributed by atoms with Crippen LogP contribution in [0, 0.1) is 0 Å². The molecule has 0 radical (unpaired) electrons.